The Morgan fingerprint density at radius 3 is 2.62 bits per heavy atom. The predicted octanol–water partition coefficient (Wildman–Crippen LogP) is 4.57. The van der Waals surface area contributed by atoms with Crippen LogP contribution in [0.4, 0.5) is 11.5 Å². The van der Waals surface area contributed by atoms with Gasteiger partial charge in [-0.25, -0.2) is 4.98 Å². The van der Waals surface area contributed by atoms with E-state index in [1.54, 1.807) is 0 Å². The fourth-order valence-electron chi connectivity index (χ4n) is 2.39. The van der Waals surface area contributed by atoms with Crippen LogP contribution in [-0.2, 0) is 0 Å². The second-order valence-corrected chi connectivity index (χ2v) is 5.25. The van der Waals surface area contributed by atoms with E-state index < -0.39 is 0 Å². The minimum absolute atomic E-state index is 0.656. The molecule has 0 aliphatic rings. The summed E-state index contributed by atoms with van der Waals surface area (Å²) in [6.45, 7) is 2.85. The van der Waals surface area contributed by atoms with E-state index in [1.165, 1.54) is 0 Å². The molecule has 3 aromatic rings. The predicted molar refractivity (Wildman–Crippen MR) is 90.8 cm³/mol. The van der Waals surface area contributed by atoms with Crippen molar-refractivity contribution in [3.05, 3.63) is 53.6 Å². The number of hydrogen-bond acceptors (Lipinski definition) is 3. The fraction of sp³-hybridized carbons (Fsp3) is 0.118. The van der Waals surface area contributed by atoms with E-state index >= 15 is 0 Å². The highest BCUT2D eigenvalue weighted by atomic mass is 35.5. The number of rotatable bonds is 3. The highest BCUT2D eigenvalue weighted by molar-refractivity contribution is 6.35. The van der Waals surface area contributed by atoms with Crippen LogP contribution >= 0.6 is 11.6 Å². The van der Waals surface area contributed by atoms with Gasteiger partial charge in [0, 0.05) is 17.6 Å². The Bertz CT molecular complexity index is 782. The normalized spacial score (nSPS) is 10.8. The minimum atomic E-state index is 0.656. The number of nitrogens with two attached hydrogens (primary N) is 1. The lowest BCUT2D eigenvalue weighted by Gasteiger charge is -2.11. The highest BCUT2D eigenvalue weighted by Crippen LogP contribution is 2.33. The third kappa shape index (κ3) is 2.65. The number of halogens is 1. The van der Waals surface area contributed by atoms with Crippen LogP contribution in [0, 0.1) is 0 Å². The van der Waals surface area contributed by atoms with Crippen molar-refractivity contribution in [1.29, 1.82) is 0 Å². The van der Waals surface area contributed by atoms with Crippen LogP contribution in [0.5, 0.6) is 0 Å². The van der Waals surface area contributed by atoms with Crippen molar-refractivity contribution < 1.29 is 0 Å². The van der Waals surface area contributed by atoms with Gasteiger partial charge in [-0.15, -0.1) is 0 Å². The van der Waals surface area contributed by atoms with Crippen LogP contribution in [0.3, 0.4) is 0 Å². The van der Waals surface area contributed by atoms with Gasteiger partial charge in [0.15, 0.2) is 0 Å². The van der Waals surface area contributed by atoms with Crippen LogP contribution < -0.4 is 11.1 Å². The minimum Gasteiger partial charge on any atom is -0.399 e. The van der Waals surface area contributed by atoms with E-state index in [9.17, 15) is 0 Å². The average molecular weight is 298 g/mol. The van der Waals surface area contributed by atoms with Gasteiger partial charge in [0.1, 0.15) is 5.82 Å². The van der Waals surface area contributed by atoms with Crippen molar-refractivity contribution in [2.45, 2.75) is 6.92 Å². The first kappa shape index (κ1) is 13.7. The zero-order chi connectivity index (χ0) is 14.8. The molecule has 2 aromatic carbocycles. The van der Waals surface area contributed by atoms with Crippen molar-refractivity contribution in [1.82, 2.24) is 4.98 Å². The maximum Gasteiger partial charge on any atom is 0.127 e. The lowest BCUT2D eigenvalue weighted by atomic mass is 10.0. The molecule has 21 heavy (non-hydrogen) atoms. The summed E-state index contributed by atoms with van der Waals surface area (Å²) >= 11 is 6.30. The molecule has 0 atom stereocenters. The Kier molecular flexibility index (Phi) is 3.67. The molecule has 0 bridgehead atoms. The van der Waals surface area contributed by atoms with E-state index in [0.29, 0.717) is 5.02 Å². The second kappa shape index (κ2) is 5.62. The van der Waals surface area contributed by atoms with Gasteiger partial charge in [0.25, 0.3) is 0 Å². The van der Waals surface area contributed by atoms with E-state index in [2.05, 4.69) is 10.3 Å². The first-order chi connectivity index (χ1) is 10.2. The quantitative estimate of drug-likeness (QED) is 0.696. The van der Waals surface area contributed by atoms with Gasteiger partial charge in [-0.1, -0.05) is 35.9 Å². The lowest BCUT2D eigenvalue weighted by Crippen LogP contribution is -2.00. The molecule has 4 heteroatoms. The molecule has 0 unspecified atom stereocenters. The molecule has 106 valence electrons. The summed E-state index contributed by atoms with van der Waals surface area (Å²) in [6, 6.07) is 15.7. The van der Waals surface area contributed by atoms with Crippen LogP contribution in [0.25, 0.3) is 22.0 Å². The number of benzene rings is 2. The molecule has 0 radical (unpaired) electrons. The Balaban J connectivity index is 2.28. The molecule has 1 heterocycles. The summed E-state index contributed by atoms with van der Waals surface area (Å²) in [4.78, 5) is 4.60. The van der Waals surface area contributed by atoms with Gasteiger partial charge >= 0.3 is 0 Å². The molecule has 3 rings (SSSR count). The average Bonchev–Trinajstić information content (AvgIpc) is 2.49. The Labute approximate surface area is 128 Å². The van der Waals surface area contributed by atoms with Crippen molar-refractivity contribution in [3.63, 3.8) is 0 Å². The van der Waals surface area contributed by atoms with Crippen molar-refractivity contribution >= 4 is 34.0 Å². The monoisotopic (exact) mass is 297 g/mol. The first-order valence-electron chi connectivity index (χ1n) is 6.88. The number of anilines is 2. The number of pyridine rings is 1. The number of nitrogens with zero attached hydrogens (tertiary/aromatic N) is 1. The summed E-state index contributed by atoms with van der Waals surface area (Å²) in [6.07, 6.45) is 0. The maximum absolute atomic E-state index is 6.30. The van der Waals surface area contributed by atoms with Crippen LogP contribution in [0.2, 0.25) is 5.02 Å². The van der Waals surface area contributed by atoms with Gasteiger partial charge in [-0.2, -0.15) is 0 Å². The van der Waals surface area contributed by atoms with Crippen LogP contribution in [-0.4, -0.2) is 11.5 Å². The molecule has 0 aliphatic carbocycles. The number of fused-ring (bicyclic) bond motifs is 1. The Morgan fingerprint density at radius 2 is 1.90 bits per heavy atom. The molecule has 3 N–H and O–H groups in total. The molecule has 0 fully saturated rings. The van der Waals surface area contributed by atoms with E-state index in [4.69, 9.17) is 17.3 Å². The van der Waals surface area contributed by atoms with E-state index in [0.717, 1.165) is 40.1 Å². The van der Waals surface area contributed by atoms with Gasteiger partial charge in [-0.3, -0.25) is 0 Å². The van der Waals surface area contributed by atoms with Crippen molar-refractivity contribution in [2.24, 2.45) is 0 Å². The van der Waals surface area contributed by atoms with E-state index in [1.807, 2.05) is 55.5 Å². The number of hydrogen-bond donors (Lipinski definition) is 2. The molecular formula is C17H16ClN3. The summed E-state index contributed by atoms with van der Waals surface area (Å²) in [5.41, 5.74) is 9.53. The molecule has 0 aliphatic heterocycles. The molecule has 1 aromatic heterocycles. The largest absolute Gasteiger partial charge is 0.399 e. The third-order valence-electron chi connectivity index (χ3n) is 3.37. The molecule has 0 amide bonds. The van der Waals surface area contributed by atoms with Crippen molar-refractivity contribution in [3.8, 4) is 11.1 Å². The summed E-state index contributed by atoms with van der Waals surface area (Å²) in [7, 11) is 0. The molecule has 3 nitrogen and oxygen atoms in total. The van der Waals surface area contributed by atoms with Gasteiger partial charge in [0.2, 0.25) is 0 Å². The summed E-state index contributed by atoms with van der Waals surface area (Å²) in [5.74, 6) is 0.824. The molecular weight excluding hydrogens is 282 g/mol. The Morgan fingerprint density at radius 1 is 1.14 bits per heavy atom. The van der Waals surface area contributed by atoms with Gasteiger partial charge in [0.05, 0.1) is 10.5 Å². The van der Waals surface area contributed by atoms with Crippen LogP contribution in [0.15, 0.2) is 48.5 Å². The smallest absolute Gasteiger partial charge is 0.127 e. The third-order valence-corrected chi connectivity index (χ3v) is 3.67. The summed E-state index contributed by atoms with van der Waals surface area (Å²) < 4.78 is 0. The Hall–Kier alpha value is -2.26. The fourth-order valence-corrected chi connectivity index (χ4v) is 2.60. The van der Waals surface area contributed by atoms with Gasteiger partial charge < -0.3 is 11.1 Å². The zero-order valence-corrected chi connectivity index (χ0v) is 12.5. The molecule has 0 spiro atoms. The van der Waals surface area contributed by atoms with Crippen LogP contribution in [0.1, 0.15) is 6.92 Å². The molecule has 0 saturated heterocycles. The SMILES string of the molecule is CCNc1cc(-c2ccc(N)cc2)c2cccc(Cl)c2n1. The highest BCUT2D eigenvalue weighted by Gasteiger charge is 2.10. The standard InChI is InChI=1S/C17H16ClN3/c1-2-20-16-10-14(11-6-8-12(19)9-7-11)13-4-3-5-15(18)17(13)21-16/h3-10H,2,19H2,1H3,(H,20,21). The summed E-state index contributed by atoms with van der Waals surface area (Å²) in [5, 5.41) is 4.95. The molecule has 0 saturated carbocycles. The van der Waals surface area contributed by atoms with Crippen molar-refractivity contribution in [2.75, 3.05) is 17.6 Å². The topological polar surface area (TPSA) is 50.9 Å². The maximum atomic E-state index is 6.30. The second-order valence-electron chi connectivity index (χ2n) is 4.84. The number of para-hydroxylation sites is 1. The van der Waals surface area contributed by atoms with Gasteiger partial charge in [-0.05, 0) is 42.3 Å². The number of aromatic nitrogens is 1. The first-order valence-corrected chi connectivity index (χ1v) is 7.26. The number of nitrogens with one attached hydrogen (secondary N) is 1. The van der Waals surface area contributed by atoms with E-state index in [-0.39, 0.29) is 0 Å². The lowest BCUT2D eigenvalue weighted by molar-refractivity contribution is 1.18. The zero-order valence-electron chi connectivity index (χ0n) is 11.7. The number of nitrogen functional groups attached to an aromatic ring is 1.